The number of phenolic OH excluding ortho intramolecular Hbond substituents is 1. The molecule has 108 valence electrons. The zero-order valence-corrected chi connectivity index (χ0v) is 13.3. The van der Waals surface area contributed by atoms with Crippen LogP contribution in [-0.2, 0) is 0 Å². The van der Waals surface area contributed by atoms with E-state index in [2.05, 4.69) is 33.4 Å². The van der Waals surface area contributed by atoms with Gasteiger partial charge in [0.2, 0.25) is 0 Å². The summed E-state index contributed by atoms with van der Waals surface area (Å²) in [4.78, 5) is 4.70. The van der Waals surface area contributed by atoms with E-state index in [1.165, 1.54) is 0 Å². The SMILES string of the molecule is CC1N=C(c2ccc(Br)cc2)CC(c2ccccc2O)N1. The Bertz CT molecular complexity index is 667. The molecule has 0 amide bonds. The number of hydrogen-bond donors (Lipinski definition) is 2. The van der Waals surface area contributed by atoms with E-state index >= 15 is 0 Å². The van der Waals surface area contributed by atoms with Crippen molar-refractivity contribution in [2.45, 2.75) is 25.6 Å². The Morgan fingerprint density at radius 3 is 2.57 bits per heavy atom. The largest absolute Gasteiger partial charge is 0.508 e. The zero-order chi connectivity index (χ0) is 14.8. The summed E-state index contributed by atoms with van der Waals surface area (Å²) >= 11 is 3.45. The summed E-state index contributed by atoms with van der Waals surface area (Å²) in [6.07, 6.45) is 0.797. The molecule has 2 N–H and O–H groups in total. The molecule has 1 heterocycles. The molecule has 2 aromatic carbocycles. The molecule has 0 radical (unpaired) electrons. The monoisotopic (exact) mass is 344 g/mol. The second kappa shape index (κ2) is 6.00. The average molecular weight is 345 g/mol. The Kier molecular flexibility index (Phi) is 4.08. The molecule has 1 aliphatic heterocycles. The molecule has 0 saturated heterocycles. The molecular weight excluding hydrogens is 328 g/mol. The van der Waals surface area contributed by atoms with Crippen LogP contribution in [0.15, 0.2) is 58.0 Å². The van der Waals surface area contributed by atoms with Gasteiger partial charge in [0.15, 0.2) is 0 Å². The summed E-state index contributed by atoms with van der Waals surface area (Å²) in [7, 11) is 0. The van der Waals surface area contributed by atoms with Crippen LogP contribution in [0.1, 0.15) is 30.5 Å². The van der Waals surface area contributed by atoms with Crippen molar-refractivity contribution in [3.8, 4) is 5.75 Å². The Morgan fingerprint density at radius 1 is 1.14 bits per heavy atom. The Hall–Kier alpha value is -1.65. The van der Waals surface area contributed by atoms with Crippen LogP contribution < -0.4 is 5.32 Å². The predicted molar refractivity (Wildman–Crippen MR) is 88.7 cm³/mol. The molecule has 21 heavy (non-hydrogen) atoms. The van der Waals surface area contributed by atoms with E-state index in [0.29, 0.717) is 5.75 Å². The van der Waals surface area contributed by atoms with Gasteiger partial charge in [-0.1, -0.05) is 46.3 Å². The molecule has 0 fully saturated rings. The smallest absolute Gasteiger partial charge is 0.120 e. The number of nitrogens with zero attached hydrogens (tertiary/aromatic N) is 1. The molecule has 1 aliphatic rings. The Labute approximate surface area is 132 Å². The highest BCUT2D eigenvalue weighted by Gasteiger charge is 2.24. The lowest BCUT2D eigenvalue weighted by atomic mass is 9.94. The van der Waals surface area contributed by atoms with Gasteiger partial charge in [-0.15, -0.1) is 0 Å². The van der Waals surface area contributed by atoms with Crippen LogP contribution in [0.3, 0.4) is 0 Å². The van der Waals surface area contributed by atoms with Gasteiger partial charge in [0.25, 0.3) is 0 Å². The summed E-state index contributed by atoms with van der Waals surface area (Å²) in [5, 5.41) is 13.5. The van der Waals surface area contributed by atoms with E-state index in [4.69, 9.17) is 4.99 Å². The van der Waals surface area contributed by atoms with E-state index in [1.54, 1.807) is 6.07 Å². The van der Waals surface area contributed by atoms with Crippen molar-refractivity contribution in [3.63, 3.8) is 0 Å². The highest BCUT2D eigenvalue weighted by Crippen LogP contribution is 2.30. The maximum atomic E-state index is 10.1. The highest BCUT2D eigenvalue weighted by atomic mass is 79.9. The molecule has 3 rings (SSSR count). The summed E-state index contributed by atoms with van der Waals surface area (Å²) < 4.78 is 1.06. The van der Waals surface area contributed by atoms with Crippen molar-refractivity contribution in [1.29, 1.82) is 0 Å². The molecule has 0 bridgehead atoms. The first-order valence-corrected chi connectivity index (χ1v) is 7.79. The Morgan fingerprint density at radius 2 is 1.86 bits per heavy atom. The third kappa shape index (κ3) is 3.17. The summed E-state index contributed by atoms with van der Waals surface area (Å²) in [5.74, 6) is 0.333. The Balaban J connectivity index is 1.90. The van der Waals surface area contributed by atoms with E-state index in [-0.39, 0.29) is 12.2 Å². The fourth-order valence-electron chi connectivity index (χ4n) is 2.68. The first-order chi connectivity index (χ1) is 10.1. The van der Waals surface area contributed by atoms with E-state index in [1.807, 2.05) is 37.3 Å². The third-order valence-electron chi connectivity index (χ3n) is 3.68. The fourth-order valence-corrected chi connectivity index (χ4v) is 2.95. The first kappa shape index (κ1) is 14.3. The lowest BCUT2D eigenvalue weighted by molar-refractivity contribution is 0.419. The van der Waals surface area contributed by atoms with E-state index in [0.717, 1.165) is 27.7 Å². The molecule has 2 unspecified atom stereocenters. The summed E-state index contributed by atoms with van der Waals surface area (Å²) in [6.45, 7) is 2.03. The first-order valence-electron chi connectivity index (χ1n) is 7.00. The van der Waals surface area contributed by atoms with Crippen LogP contribution in [0.2, 0.25) is 0 Å². The number of phenols is 1. The number of halogens is 1. The topological polar surface area (TPSA) is 44.6 Å². The second-order valence-electron chi connectivity index (χ2n) is 5.24. The van der Waals surface area contributed by atoms with Crippen LogP contribution in [0.4, 0.5) is 0 Å². The van der Waals surface area contributed by atoms with Crippen molar-refractivity contribution >= 4 is 21.6 Å². The van der Waals surface area contributed by atoms with Crippen molar-refractivity contribution in [3.05, 3.63) is 64.1 Å². The zero-order valence-electron chi connectivity index (χ0n) is 11.8. The minimum atomic E-state index is 0.0296. The van der Waals surface area contributed by atoms with Gasteiger partial charge in [-0.3, -0.25) is 10.3 Å². The van der Waals surface area contributed by atoms with Crippen molar-refractivity contribution < 1.29 is 5.11 Å². The van der Waals surface area contributed by atoms with Gasteiger partial charge in [0.1, 0.15) is 5.75 Å². The number of para-hydroxylation sites is 1. The lowest BCUT2D eigenvalue weighted by Crippen LogP contribution is -2.36. The number of hydrogen-bond acceptors (Lipinski definition) is 3. The molecule has 2 atom stereocenters. The van der Waals surface area contributed by atoms with Crippen molar-refractivity contribution in [2.75, 3.05) is 0 Å². The number of aliphatic imine (C=N–C) groups is 1. The molecule has 4 heteroatoms. The predicted octanol–water partition coefficient (Wildman–Crippen LogP) is 4.02. The van der Waals surface area contributed by atoms with Crippen LogP contribution in [-0.4, -0.2) is 17.0 Å². The van der Waals surface area contributed by atoms with Crippen molar-refractivity contribution in [1.82, 2.24) is 5.32 Å². The van der Waals surface area contributed by atoms with Crippen LogP contribution >= 0.6 is 15.9 Å². The lowest BCUT2D eigenvalue weighted by Gasteiger charge is -2.28. The molecule has 0 spiro atoms. The summed E-state index contributed by atoms with van der Waals surface area (Å²) in [5.41, 5.74) is 3.13. The number of benzene rings is 2. The van der Waals surface area contributed by atoms with Gasteiger partial charge in [-0.2, -0.15) is 0 Å². The number of rotatable bonds is 2. The average Bonchev–Trinajstić information content (AvgIpc) is 2.48. The summed E-state index contributed by atoms with van der Waals surface area (Å²) in [6, 6.07) is 15.8. The van der Waals surface area contributed by atoms with Crippen LogP contribution in [0.5, 0.6) is 5.75 Å². The maximum Gasteiger partial charge on any atom is 0.120 e. The van der Waals surface area contributed by atoms with E-state index < -0.39 is 0 Å². The maximum absolute atomic E-state index is 10.1. The van der Waals surface area contributed by atoms with Gasteiger partial charge in [-0.25, -0.2) is 0 Å². The molecule has 0 aromatic heterocycles. The van der Waals surface area contributed by atoms with Gasteiger partial charge in [-0.05, 0) is 30.7 Å². The molecule has 0 saturated carbocycles. The molecule has 3 nitrogen and oxygen atoms in total. The normalized spacial score (nSPS) is 21.9. The molecule has 0 aliphatic carbocycles. The van der Waals surface area contributed by atoms with Crippen LogP contribution in [0.25, 0.3) is 0 Å². The van der Waals surface area contributed by atoms with Crippen LogP contribution in [0, 0.1) is 0 Å². The van der Waals surface area contributed by atoms with Crippen molar-refractivity contribution in [2.24, 2.45) is 4.99 Å². The van der Waals surface area contributed by atoms with Gasteiger partial charge in [0, 0.05) is 28.2 Å². The number of nitrogens with one attached hydrogen (secondary N) is 1. The quantitative estimate of drug-likeness (QED) is 0.863. The highest BCUT2D eigenvalue weighted by molar-refractivity contribution is 9.10. The molecular formula is C17H17BrN2O. The minimum absolute atomic E-state index is 0.0296. The minimum Gasteiger partial charge on any atom is -0.508 e. The fraction of sp³-hybridized carbons (Fsp3) is 0.235. The third-order valence-corrected chi connectivity index (χ3v) is 4.21. The molecule has 2 aromatic rings. The standard InChI is InChI=1S/C17H17BrN2O/c1-11-19-15(12-6-8-13(18)9-7-12)10-16(20-11)14-4-2-3-5-17(14)21/h2-9,11,16,20-21H,10H2,1H3. The van der Waals surface area contributed by atoms with Gasteiger partial charge < -0.3 is 5.11 Å². The number of aromatic hydroxyl groups is 1. The van der Waals surface area contributed by atoms with Gasteiger partial charge in [0.05, 0.1) is 6.17 Å². The van der Waals surface area contributed by atoms with Gasteiger partial charge >= 0.3 is 0 Å². The van der Waals surface area contributed by atoms with E-state index in [9.17, 15) is 5.11 Å². The second-order valence-corrected chi connectivity index (χ2v) is 6.16.